The highest BCUT2D eigenvalue weighted by Crippen LogP contribution is 2.17. The Balaban J connectivity index is 4.17. The third kappa shape index (κ3) is 46.4. The van der Waals surface area contributed by atoms with E-state index in [4.69, 9.17) is 14.2 Å². The zero-order valence-corrected chi connectivity index (χ0v) is 43.4. The summed E-state index contributed by atoms with van der Waals surface area (Å²) in [4.78, 5) is 37.1. The number of carbonyl (C=O) groups excluding carboxylic acids is 3. The van der Waals surface area contributed by atoms with Crippen LogP contribution in [0.25, 0.3) is 0 Å². The number of rotatable bonds is 50. The number of carboxylic acid groups (broad SMARTS) is 1. The second kappa shape index (κ2) is 48.0. The molecule has 0 heterocycles. The number of quaternary nitrogens is 1. The van der Waals surface area contributed by atoms with E-state index in [1.165, 1.54) is 167 Å². The molecule has 8 nitrogen and oxygen atoms in total. The number of hydrogen-bond donors (Lipinski definition) is 0. The quantitative estimate of drug-likeness (QED) is 0.0259. The van der Waals surface area contributed by atoms with Crippen molar-refractivity contribution in [3.63, 3.8) is 0 Å². The van der Waals surface area contributed by atoms with Crippen molar-refractivity contribution in [2.75, 3.05) is 41.0 Å². The molecular weight excluding hydrogens is 811 g/mol. The highest BCUT2D eigenvalue weighted by molar-refractivity contribution is 5.70. The van der Waals surface area contributed by atoms with Crippen LogP contribution < -0.4 is 5.11 Å². The van der Waals surface area contributed by atoms with Crippen molar-refractivity contribution >= 4 is 17.9 Å². The van der Waals surface area contributed by atoms with Crippen LogP contribution in [0.5, 0.6) is 0 Å². The molecule has 380 valence electrons. The minimum atomic E-state index is -1.12. The maximum Gasteiger partial charge on any atom is 0.306 e. The summed E-state index contributed by atoms with van der Waals surface area (Å²) in [5, 5.41) is 11.7. The number of aliphatic carboxylic acids is 1. The van der Waals surface area contributed by atoms with E-state index in [0.29, 0.717) is 12.8 Å². The number of allylic oxidation sites excluding steroid dienone is 6. The van der Waals surface area contributed by atoms with E-state index < -0.39 is 18.1 Å². The fourth-order valence-corrected chi connectivity index (χ4v) is 8.32. The maximum absolute atomic E-state index is 12.8. The molecule has 0 aromatic rings. The number of carbonyl (C=O) groups is 3. The smallest absolute Gasteiger partial charge is 0.306 e. The van der Waals surface area contributed by atoms with Crippen molar-refractivity contribution < 1.29 is 38.2 Å². The summed E-state index contributed by atoms with van der Waals surface area (Å²) >= 11 is 0. The lowest BCUT2D eigenvalue weighted by molar-refractivity contribution is -0.889. The normalized spacial score (nSPS) is 13.1. The van der Waals surface area contributed by atoms with Gasteiger partial charge in [0.2, 0.25) is 0 Å². The van der Waals surface area contributed by atoms with Crippen LogP contribution in [-0.2, 0) is 28.6 Å². The minimum absolute atomic E-state index is 0.0440. The van der Waals surface area contributed by atoms with Crippen LogP contribution in [-0.4, -0.2) is 75.5 Å². The zero-order chi connectivity index (χ0) is 47.7. The predicted molar refractivity (Wildman–Crippen MR) is 273 cm³/mol. The lowest BCUT2D eigenvalue weighted by Gasteiger charge is -2.34. The molecule has 0 saturated heterocycles. The fraction of sp³-hybridized carbons (Fsp3) is 0.842. The van der Waals surface area contributed by atoms with E-state index in [-0.39, 0.29) is 42.7 Å². The van der Waals surface area contributed by atoms with Crippen molar-refractivity contribution in [2.45, 2.75) is 270 Å². The van der Waals surface area contributed by atoms with Gasteiger partial charge in [-0.25, -0.2) is 0 Å². The van der Waals surface area contributed by atoms with Gasteiger partial charge in [0.1, 0.15) is 12.6 Å². The maximum atomic E-state index is 12.8. The van der Waals surface area contributed by atoms with Gasteiger partial charge >= 0.3 is 11.9 Å². The lowest BCUT2D eigenvalue weighted by Crippen LogP contribution is -2.55. The third-order valence-corrected chi connectivity index (χ3v) is 12.5. The first kappa shape index (κ1) is 62.5. The van der Waals surface area contributed by atoms with Crippen LogP contribution in [0.4, 0.5) is 0 Å². The van der Waals surface area contributed by atoms with Gasteiger partial charge in [0.05, 0.1) is 40.3 Å². The average Bonchev–Trinajstić information content (AvgIpc) is 3.27. The summed E-state index contributed by atoms with van der Waals surface area (Å²) < 4.78 is 17.3. The molecule has 8 heteroatoms. The van der Waals surface area contributed by atoms with Crippen molar-refractivity contribution in [1.29, 1.82) is 0 Å². The van der Waals surface area contributed by atoms with Crippen molar-refractivity contribution in [3.05, 3.63) is 36.5 Å². The number of hydrogen-bond acceptors (Lipinski definition) is 7. The van der Waals surface area contributed by atoms with E-state index in [2.05, 4.69) is 50.3 Å². The van der Waals surface area contributed by atoms with E-state index in [1.54, 1.807) is 0 Å². The Morgan fingerprint density at radius 2 is 0.862 bits per heavy atom. The topological polar surface area (TPSA) is 102 Å². The number of nitrogens with zero attached hydrogens (tertiary/aromatic N) is 1. The van der Waals surface area contributed by atoms with E-state index >= 15 is 0 Å². The minimum Gasteiger partial charge on any atom is -0.544 e. The molecule has 0 amide bonds. The van der Waals surface area contributed by atoms with Gasteiger partial charge in [0.15, 0.2) is 6.10 Å². The molecule has 0 aromatic carbocycles. The Hall–Kier alpha value is -2.45. The molecule has 0 fully saturated rings. The molecule has 2 unspecified atom stereocenters. The molecule has 0 aromatic heterocycles. The molecule has 0 spiro atoms. The van der Waals surface area contributed by atoms with Crippen LogP contribution in [0.1, 0.15) is 258 Å². The van der Waals surface area contributed by atoms with Gasteiger partial charge in [-0.1, -0.05) is 230 Å². The van der Waals surface area contributed by atoms with E-state index in [9.17, 15) is 19.5 Å². The van der Waals surface area contributed by atoms with Gasteiger partial charge in [-0.15, -0.1) is 0 Å². The second-order valence-corrected chi connectivity index (χ2v) is 19.8. The Bertz CT molecular complexity index is 1160. The molecule has 0 aliphatic heterocycles. The number of carboxylic acids is 1. The van der Waals surface area contributed by atoms with E-state index in [1.807, 2.05) is 21.1 Å². The van der Waals surface area contributed by atoms with Crippen LogP contribution in [0.2, 0.25) is 0 Å². The third-order valence-electron chi connectivity index (χ3n) is 12.5. The summed E-state index contributed by atoms with van der Waals surface area (Å²) in [6.45, 7) is 4.60. The monoisotopic (exact) mass is 916 g/mol. The van der Waals surface area contributed by atoms with Crippen molar-refractivity contribution in [1.82, 2.24) is 0 Å². The number of ether oxygens (including phenoxy) is 3. The molecule has 65 heavy (non-hydrogen) atoms. The second-order valence-electron chi connectivity index (χ2n) is 19.8. The first-order valence-electron chi connectivity index (χ1n) is 27.5. The van der Waals surface area contributed by atoms with Crippen LogP contribution in [0, 0.1) is 0 Å². The Morgan fingerprint density at radius 3 is 1.28 bits per heavy atom. The lowest BCUT2D eigenvalue weighted by atomic mass is 10.0. The Labute approximate surface area is 402 Å². The molecule has 0 bridgehead atoms. The molecular formula is C57H105NO7. The highest BCUT2D eigenvalue weighted by atomic mass is 16.6. The van der Waals surface area contributed by atoms with Gasteiger partial charge in [0, 0.05) is 19.3 Å². The molecule has 0 N–H and O–H groups in total. The predicted octanol–water partition coefficient (Wildman–Crippen LogP) is 14.8. The Kier molecular flexibility index (Phi) is 46.2. The largest absolute Gasteiger partial charge is 0.544 e. The first-order chi connectivity index (χ1) is 31.6. The van der Waals surface area contributed by atoms with Gasteiger partial charge in [-0.05, 0) is 44.9 Å². The Morgan fingerprint density at radius 1 is 0.477 bits per heavy atom. The summed E-state index contributed by atoms with van der Waals surface area (Å²) in [5.74, 6) is -1.72. The zero-order valence-electron chi connectivity index (χ0n) is 43.4. The van der Waals surface area contributed by atoms with Gasteiger partial charge in [0.25, 0.3) is 0 Å². The molecule has 0 aliphatic rings. The molecule has 2 atom stereocenters. The highest BCUT2D eigenvalue weighted by Gasteiger charge is 2.25. The SMILES string of the molecule is CC/C=C/C/C=C/C/C=C/CCCCCCCCCCCCCC(=O)OCC(COCCC(C(=O)[O-])[N+](C)(C)C)OC(=O)CCCCCCCCCCCCCCCCCCCCCC. The van der Waals surface area contributed by atoms with Crippen LogP contribution in [0.15, 0.2) is 36.5 Å². The van der Waals surface area contributed by atoms with Gasteiger partial charge in [-0.2, -0.15) is 0 Å². The standard InChI is InChI=1S/C57H105NO7/c1-6-8-10-12-14-16-18-20-22-24-26-28-30-31-33-35-37-39-41-43-45-47-55(59)64-52-53(51-63-50-49-54(57(61)62)58(3,4)5)65-56(60)48-46-44-42-40-38-36-34-32-29-27-25-23-21-19-17-15-13-11-9-7-2/h8,10,14,16,20,22,53-54H,6-7,9,11-13,15,17-19,21,23-52H2,1-5H3/b10-8+,16-14+,22-20+. The summed E-state index contributed by atoms with van der Waals surface area (Å²) in [5.41, 5.74) is 0. The summed E-state index contributed by atoms with van der Waals surface area (Å²) in [6, 6.07) is -0.725. The number of likely N-dealkylation sites (N-methyl/N-ethyl adjacent to an activating group) is 1. The van der Waals surface area contributed by atoms with Gasteiger partial charge in [-0.3, -0.25) is 9.59 Å². The molecule has 0 saturated carbocycles. The van der Waals surface area contributed by atoms with Crippen molar-refractivity contribution in [3.8, 4) is 0 Å². The van der Waals surface area contributed by atoms with Crippen LogP contribution in [0.3, 0.4) is 0 Å². The molecule has 0 aliphatic carbocycles. The first-order valence-corrected chi connectivity index (χ1v) is 27.5. The van der Waals surface area contributed by atoms with Crippen LogP contribution >= 0.6 is 0 Å². The number of esters is 2. The molecule has 0 rings (SSSR count). The van der Waals surface area contributed by atoms with E-state index in [0.717, 1.165) is 57.8 Å². The number of unbranched alkanes of at least 4 members (excludes halogenated alkanes) is 30. The molecule has 0 radical (unpaired) electrons. The van der Waals surface area contributed by atoms with Gasteiger partial charge < -0.3 is 28.6 Å². The van der Waals surface area contributed by atoms with Crippen molar-refractivity contribution in [2.24, 2.45) is 0 Å². The summed E-state index contributed by atoms with van der Waals surface area (Å²) in [6.07, 6.45) is 57.5. The fourth-order valence-electron chi connectivity index (χ4n) is 8.32. The summed E-state index contributed by atoms with van der Waals surface area (Å²) in [7, 11) is 5.43. The average molecular weight is 916 g/mol.